The van der Waals surface area contributed by atoms with Gasteiger partial charge in [-0.3, -0.25) is 0 Å². The Morgan fingerprint density at radius 3 is 2.46 bits per heavy atom. The molecule has 0 spiro atoms. The minimum absolute atomic E-state index is 0.253. The lowest BCUT2D eigenvalue weighted by Gasteiger charge is -2.16. The minimum Gasteiger partial charge on any atom is -0.493 e. The van der Waals surface area contributed by atoms with Gasteiger partial charge in [-0.05, 0) is 56.0 Å². The second-order valence-corrected chi connectivity index (χ2v) is 7.67. The number of nitrogens with zero attached hydrogens (tertiary/aromatic N) is 1. The molecule has 0 amide bonds. The highest BCUT2D eigenvalue weighted by Crippen LogP contribution is 2.37. The quantitative estimate of drug-likeness (QED) is 0.596. The molecule has 6 heteroatoms. The standard InChI is InChI=1S/C22H21NO4S/c1-26-19-11-10-16(12-20(19)27-17-4-2-3-5-17)21-23-18(13-28-21)14-6-8-15(9-7-14)22(24)25/h6-13,17H,2-5H2,1H3,(H,24,25). The SMILES string of the molecule is COc1ccc(-c2nc(-c3ccc(C(=O)O)cc3)cs2)cc1OC1CCCC1. The molecule has 1 aromatic heterocycles. The van der Waals surface area contributed by atoms with Crippen molar-refractivity contribution in [2.45, 2.75) is 31.8 Å². The van der Waals surface area contributed by atoms with Crippen molar-refractivity contribution in [1.29, 1.82) is 0 Å². The first-order chi connectivity index (χ1) is 13.6. The molecule has 1 fully saturated rings. The smallest absolute Gasteiger partial charge is 0.335 e. The van der Waals surface area contributed by atoms with Crippen LogP contribution in [0.15, 0.2) is 47.8 Å². The van der Waals surface area contributed by atoms with E-state index in [0.717, 1.165) is 46.2 Å². The van der Waals surface area contributed by atoms with Crippen molar-refractivity contribution < 1.29 is 19.4 Å². The average molecular weight is 395 g/mol. The average Bonchev–Trinajstić information content (AvgIpc) is 3.40. The fourth-order valence-corrected chi connectivity index (χ4v) is 4.24. The Bertz CT molecular complexity index is 974. The Hall–Kier alpha value is -2.86. The Morgan fingerprint density at radius 1 is 1.07 bits per heavy atom. The molecule has 2 aromatic carbocycles. The fourth-order valence-electron chi connectivity index (χ4n) is 3.41. The van der Waals surface area contributed by atoms with Crippen molar-refractivity contribution in [3.63, 3.8) is 0 Å². The lowest BCUT2D eigenvalue weighted by atomic mass is 10.1. The van der Waals surface area contributed by atoms with E-state index in [-0.39, 0.29) is 11.7 Å². The van der Waals surface area contributed by atoms with Gasteiger partial charge in [-0.25, -0.2) is 9.78 Å². The van der Waals surface area contributed by atoms with Crippen molar-refractivity contribution in [2.24, 2.45) is 0 Å². The van der Waals surface area contributed by atoms with Gasteiger partial charge in [-0.2, -0.15) is 0 Å². The lowest BCUT2D eigenvalue weighted by molar-refractivity contribution is 0.0697. The van der Waals surface area contributed by atoms with Crippen LogP contribution in [-0.4, -0.2) is 29.3 Å². The Morgan fingerprint density at radius 2 is 1.79 bits per heavy atom. The molecule has 0 unspecified atom stereocenters. The summed E-state index contributed by atoms with van der Waals surface area (Å²) < 4.78 is 11.6. The summed E-state index contributed by atoms with van der Waals surface area (Å²) in [7, 11) is 1.65. The summed E-state index contributed by atoms with van der Waals surface area (Å²) in [6.45, 7) is 0. The van der Waals surface area contributed by atoms with Gasteiger partial charge in [0.25, 0.3) is 0 Å². The predicted octanol–water partition coefficient (Wildman–Crippen LogP) is 5.51. The Kier molecular flexibility index (Phi) is 5.30. The molecule has 0 atom stereocenters. The van der Waals surface area contributed by atoms with Gasteiger partial charge in [0, 0.05) is 16.5 Å². The zero-order chi connectivity index (χ0) is 19.5. The molecule has 0 saturated heterocycles. The molecule has 1 aliphatic rings. The van der Waals surface area contributed by atoms with E-state index in [4.69, 9.17) is 19.6 Å². The maximum Gasteiger partial charge on any atom is 0.335 e. The third-order valence-electron chi connectivity index (χ3n) is 4.94. The van der Waals surface area contributed by atoms with Crippen LogP contribution in [-0.2, 0) is 0 Å². The van der Waals surface area contributed by atoms with Crippen molar-refractivity contribution >= 4 is 17.3 Å². The highest BCUT2D eigenvalue weighted by Gasteiger charge is 2.19. The highest BCUT2D eigenvalue weighted by molar-refractivity contribution is 7.13. The van der Waals surface area contributed by atoms with E-state index in [1.807, 2.05) is 23.6 Å². The number of thiazole rings is 1. The number of carboxylic acids is 1. The van der Waals surface area contributed by atoms with Gasteiger partial charge < -0.3 is 14.6 Å². The van der Waals surface area contributed by atoms with Crippen molar-refractivity contribution in [1.82, 2.24) is 4.98 Å². The number of aromatic carboxylic acids is 1. The molecule has 1 saturated carbocycles. The van der Waals surface area contributed by atoms with E-state index in [1.54, 1.807) is 42.7 Å². The van der Waals surface area contributed by atoms with Gasteiger partial charge in [-0.1, -0.05) is 12.1 Å². The molecule has 0 aliphatic heterocycles. The first-order valence-corrected chi connectivity index (χ1v) is 10.2. The number of carboxylic acid groups (broad SMARTS) is 1. The number of aromatic nitrogens is 1. The Labute approximate surface area is 167 Å². The fraction of sp³-hybridized carbons (Fsp3) is 0.273. The summed E-state index contributed by atoms with van der Waals surface area (Å²) in [6.07, 6.45) is 4.85. The van der Waals surface area contributed by atoms with Gasteiger partial charge in [0.1, 0.15) is 5.01 Å². The van der Waals surface area contributed by atoms with Crippen LogP contribution >= 0.6 is 11.3 Å². The van der Waals surface area contributed by atoms with Crippen LogP contribution in [0.5, 0.6) is 11.5 Å². The monoisotopic (exact) mass is 395 g/mol. The number of rotatable bonds is 6. The summed E-state index contributed by atoms with van der Waals surface area (Å²) in [6, 6.07) is 12.7. The summed E-state index contributed by atoms with van der Waals surface area (Å²) >= 11 is 1.55. The summed E-state index contributed by atoms with van der Waals surface area (Å²) in [5.41, 5.74) is 2.96. The second-order valence-electron chi connectivity index (χ2n) is 6.81. The third-order valence-corrected chi connectivity index (χ3v) is 5.83. The predicted molar refractivity (Wildman–Crippen MR) is 109 cm³/mol. The number of carbonyl (C=O) groups is 1. The third kappa shape index (κ3) is 3.87. The zero-order valence-corrected chi connectivity index (χ0v) is 16.4. The molecule has 3 aromatic rings. The van der Waals surface area contributed by atoms with E-state index in [1.165, 1.54) is 12.8 Å². The topological polar surface area (TPSA) is 68.7 Å². The van der Waals surface area contributed by atoms with Gasteiger partial charge in [-0.15, -0.1) is 11.3 Å². The normalized spacial score (nSPS) is 14.2. The number of hydrogen-bond acceptors (Lipinski definition) is 5. The molecule has 0 radical (unpaired) electrons. The van der Waals surface area contributed by atoms with Crippen LogP contribution in [0.3, 0.4) is 0 Å². The van der Waals surface area contributed by atoms with Crippen molar-refractivity contribution in [3.05, 3.63) is 53.4 Å². The number of ether oxygens (including phenoxy) is 2. The van der Waals surface area contributed by atoms with Gasteiger partial charge in [0.15, 0.2) is 11.5 Å². The van der Waals surface area contributed by atoms with Crippen molar-refractivity contribution in [3.8, 4) is 33.3 Å². The molecule has 1 N–H and O–H groups in total. The molecule has 1 heterocycles. The molecule has 28 heavy (non-hydrogen) atoms. The molecule has 0 bridgehead atoms. The second kappa shape index (κ2) is 8.02. The van der Waals surface area contributed by atoms with Gasteiger partial charge in [0.2, 0.25) is 0 Å². The maximum atomic E-state index is 11.0. The molecule has 1 aliphatic carbocycles. The van der Waals surface area contributed by atoms with Crippen LogP contribution in [0.2, 0.25) is 0 Å². The summed E-state index contributed by atoms with van der Waals surface area (Å²) in [5.74, 6) is 0.560. The largest absolute Gasteiger partial charge is 0.493 e. The highest BCUT2D eigenvalue weighted by atomic mass is 32.1. The number of benzene rings is 2. The molecule has 4 rings (SSSR count). The molecular weight excluding hydrogens is 374 g/mol. The van der Waals surface area contributed by atoms with Crippen LogP contribution in [0.4, 0.5) is 0 Å². The number of hydrogen-bond donors (Lipinski definition) is 1. The Balaban J connectivity index is 1.59. The summed E-state index contributed by atoms with van der Waals surface area (Å²) in [5, 5.41) is 11.9. The minimum atomic E-state index is -0.932. The van der Waals surface area contributed by atoms with E-state index < -0.39 is 5.97 Å². The van der Waals surface area contributed by atoms with E-state index in [9.17, 15) is 4.79 Å². The van der Waals surface area contributed by atoms with Gasteiger partial charge in [0.05, 0.1) is 24.5 Å². The maximum absolute atomic E-state index is 11.0. The van der Waals surface area contributed by atoms with E-state index in [2.05, 4.69) is 0 Å². The molecular formula is C22H21NO4S. The van der Waals surface area contributed by atoms with Crippen molar-refractivity contribution in [2.75, 3.05) is 7.11 Å². The van der Waals surface area contributed by atoms with Crippen LogP contribution < -0.4 is 9.47 Å². The first-order valence-electron chi connectivity index (χ1n) is 9.28. The van der Waals surface area contributed by atoms with E-state index >= 15 is 0 Å². The number of methoxy groups -OCH3 is 1. The molecule has 144 valence electrons. The first kappa shape index (κ1) is 18.5. The van der Waals surface area contributed by atoms with Gasteiger partial charge >= 0.3 is 5.97 Å². The zero-order valence-electron chi connectivity index (χ0n) is 15.6. The lowest BCUT2D eigenvalue weighted by Crippen LogP contribution is -2.11. The van der Waals surface area contributed by atoms with Crippen LogP contribution in [0.25, 0.3) is 21.8 Å². The van der Waals surface area contributed by atoms with Crippen LogP contribution in [0, 0.1) is 0 Å². The molecule has 5 nitrogen and oxygen atoms in total. The summed E-state index contributed by atoms with van der Waals surface area (Å²) in [4.78, 5) is 15.7. The van der Waals surface area contributed by atoms with E-state index in [0.29, 0.717) is 0 Å². The van der Waals surface area contributed by atoms with Crippen LogP contribution in [0.1, 0.15) is 36.0 Å².